The lowest BCUT2D eigenvalue weighted by atomic mass is 9.93. The molecule has 1 aliphatic heterocycles. The highest BCUT2D eigenvalue weighted by atomic mass is 16.5. The van der Waals surface area contributed by atoms with Crippen LogP contribution in [0.25, 0.3) is 21.9 Å². The van der Waals surface area contributed by atoms with Crippen molar-refractivity contribution in [1.82, 2.24) is 19.7 Å². The number of aromatic nitrogens is 1. The molecule has 2 atom stereocenters. The minimum Gasteiger partial charge on any atom is -0.464 e. The van der Waals surface area contributed by atoms with E-state index in [1.54, 1.807) is 6.26 Å². The number of furan rings is 1. The molecule has 46 heavy (non-hydrogen) atoms. The Labute approximate surface area is 270 Å². The summed E-state index contributed by atoms with van der Waals surface area (Å²) < 4.78 is 24.1. The molecule has 0 aliphatic carbocycles. The molecule has 0 bridgehead atoms. The molecule has 5 rings (SSSR count). The molecule has 246 valence electrons. The topological polar surface area (TPSA) is 110 Å². The SMILES string of the molecule is C=CC(=O)NCCOCCOCCOCC(=O)Nc1ccc2c([C@H]3CN(Cc4cccc5occc45)C[C@@H]3N(C)C)cn(C)c2c1. The molecule has 0 spiro atoms. The fraction of sp³-hybridized carbons (Fsp3) is 0.429. The molecule has 2 N–H and O–H groups in total. The van der Waals surface area contributed by atoms with E-state index in [1.807, 2.05) is 18.2 Å². The summed E-state index contributed by atoms with van der Waals surface area (Å²) in [7, 11) is 6.38. The molecular formula is C35H45N5O6. The average Bonchev–Trinajstić information content (AvgIpc) is 3.77. The van der Waals surface area contributed by atoms with Gasteiger partial charge in [0.15, 0.2) is 0 Å². The third-order valence-electron chi connectivity index (χ3n) is 8.42. The first kappa shape index (κ1) is 33.4. The van der Waals surface area contributed by atoms with Gasteiger partial charge in [0.1, 0.15) is 12.2 Å². The fourth-order valence-corrected chi connectivity index (χ4v) is 6.17. The largest absolute Gasteiger partial charge is 0.464 e. The molecule has 4 aromatic rings. The van der Waals surface area contributed by atoms with Crippen molar-refractivity contribution < 1.29 is 28.2 Å². The molecule has 1 saturated heterocycles. The zero-order valence-corrected chi connectivity index (χ0v) is 27.0. The van der Waals surface area contributed by atoms with Crippen LogP contribution in [0.4, 0.5) is 5.69 Å². The van der Waals surface area contributed by atoms with Gasteiger partial charge in [0.05, 0.1) is 44.8 Å². The fourth-order valence-electron chi connectivity index (χ4n) is 6.17. The third kappa shape index (κ3) is 8.42. The first-order valence-corrected chi connectivity index (χ1v) is 15.7. The van der Waals surface area contributed by atoms with Crippen LogP contribution < -0.4 is 10.6 Å². The maximum atomic E-state index is 12.6. The Morgan fingerprint density at radius 1 is 1.02 bits per heavy atom. The second-order valence-corrected chi connectivity index (χ2v) is 11.8. The standard InChI is InChI=1S/C35H45N5O6/c1-5-34(41)36-12-14-43-15-16-44-17-18-45-24-35(42)37-26-9-10-28-29(21-39(4)31(28)19-26)30-22-40(23-32(30)38(2)3)20-25-7-6-8-33-27(25)11-13-46-33/h5-11,13,19,21,30,32H,1,12,14-18,20,22-24H2,2-4H3,(H,36,41)(H,37,42)/t30-,32+/m1/s1. The van der Waals surface area contributed by atoms with Gasteiger partial charge in [-0.05, 0) is 55.6 Å². The summed E-state index contributed by atoms with van der Waals surface area (Å²) >= 11 is 0. The van der Waals surface area contributed by atoms with Crippen LogP contribution in [0.5, 0.6) is 0 Å². The molecule has 0 unspecified atom stereocenters. The monoisotopic (exact) mass is 631 g/mol. The minimum atomic E-state index is -0.225. The number of nitrogens with zero attached hydrogens (tertiary/aromatic N) is 3. The Morgan fingerprint density at radius 3 is 2.59 bits per heavy atom. The Bertz CT molecular complexity index is 1630. The molecular weight excluding hydrogens is 586 g/mol. The van der Waals surface area contributed by atoms with Gasteiger partial charge in [0.2, 0.25) is 11.8 Å². The van der Waals surface area contributed by atoms with E-state index < -0.39 is 0 Å². The van der Waals surface area contributed by atoms with Crippen molar-refractivity contribution in [2.75, 3.05) is 78.7 Å². The van der Waals surface area contributed by atoms with Crippen molar-refractivity contribution in [1.29, 1.82) is 0 Å². The van der Waals surface area contributed by atoms with E-state index in [0.717, 1.165) is 36.4 Å². The highest BCUT2D eigenvalue weighted by Crippen LogP contribution is 2.37. The summed E-state index contributed by atoms with van der Waals surface area (Å²) in [4.78, 5) is 28.5. The Balaban J connectivity index is 1.10. The predicted octanol–water partition coefficient (Wildman–Crippen LogP) is 3.74. The van der Waals surface area contributed by atoms with Crippen LogP contribution in [0.3, 0.4) is 0 Å². The molecule has 2 aromatic heterocycles. The smallest absolute Gasteiger partial charge is 0.250 e. The molecule has 2 amide bonds. The summed E-state index contributed by atoms with van der Waals surface area (Å²) in [6.45, 7) is 8.42. The van der Waals surface area contributed by atoms with Crippen molar-refractivity contribution in [2.24, 2.45) is 7.05 Å². The van der Waals surface area contributed by atoms with Gasteiger partial charge in [0, 0.05) is 67.8 Å². The number of aryl methyl sites for hydroxylation is 1. The lowest BCUT2D eigenvalue weighted by Crippen LogP contribution is -2.34. The number of anilines is 1. The van der Waals surface area contributed by atoms with Crippen LogP contribution in [0.1, 0.15) is 17.0 Å². The highest BCUT2D eigenvalue weighted by Gasteiger charge is 2.36. The van der Waals surface area contributed by atoms with E-state index in [1.165, 1.54) is 28.0 Å². The molecule has 11 nitrogen and oxygen atoms in total. The van der Waals surface area contributed by atoms with Gasteiger partial charge in [-0.2, -0.15) is 0 Å². The van der Waals surface area contributed by atoms with E-state index in [2.05, 4.69) is 83.2 Å². The summed E-state index contributed by atoms with van der Waals surface area (Å²) in [6, 6.07) is 14.8. The molecule has 0 radical (unpaired) electrons. The Hall–Kier alpha value is -4.00. The van der Waals surface area contributed by atoms with Gasteiger partial charge in [0.25, 0.3) is 0 Å². The van der Waals surface area contributed by atoms with Gasteiger partial charge < -0.3 is 38.7 Å². The number of carbonyl (C=O) groups excluding carboxylic acids is 2. The number of likely N-dealkylation sites (N-methyl/N-ethyl adjacent to an activating group) is 1. The summed E-state index contributed by atoms with van der Waals surface area (Å²) in [5.41, 5.74) is 5.35. The predicted molar refractivity (Wildman–Crippen MR) is 179 cm³/mol. The van der Waals surface area contributed by atoms with Gasteiger partial charge in [-0.3, -0.25) is 14.5 Å². The van der Waals surface area contributed by atoms with Crippen molar-refractivity contribution in [2.45, 2.75) is 18.5 Å². The van der Waals surface area contributed by atoms with Crippen LogP contribution in [0, 0.1) is 0 Å². The zero-order chi connectivity index (χ0) is 32.5. The molecule has 3 heterocycles. The number of likely N-dealkylation sites (tertiary alicyclic amines) is 1. The number of benzene rings is 2. The molecule has 2 aromatic carbocycles. The van der Waals surface area contributed by atoms with Gasteiger partial charge in [-0.1, -0.05) is 24.8 Å². The van der Waals surface area contributed by atoms with Crippen LogP contribution >= 0.6 is 0 Å². The van der Waals surface area contributed by atoms with Crippen molar-refractivity contribution in [3.63, 3.8) is 0 Å². The van der Waals surface area contributed by atoms with Crippen LogP contribution in [0.15, 0.2) is 72.0 Å². The van der Waals surface area contributed by atoms with E-state index >= 15 is 0 Å². The van der Waals surface area contributed by atoms with Crippen molar-refractivity contribution in [3.8, 4) is 0 Å². The van der Waals surface area contributed by atoms with E-state index in [-0.39, 0.29) is 18.4 Å². The summed E-state index contributed by atoms with van der Waals surface area (Å²) in [6.07, 6.45) is 5.22. The second kappa shape index (κ2) is 16.0. The Morgan fingerprint density at radius 2 is 1.80 bits per heavy atom. The number of hydrogen-bond donors (Lipinski definition) is 2. The average molecular weight is 632 g/mol. The number of nitrogens with one attached hydrogen (secondary N) is 2. The normalized spacial score (nSPS) is 16.9. The number of hydrogen-bond acceptors (Lipinski definition) is 8. The number of ether oxygens (including phenoxy) is 3. The lowest BCUT2D eigenvalue weighted by molar-refractivity contribution is -0.121. The van der Waals surface area contributed by atoms with Gasteiger partial charge in [-0.15, -0.1) is 0 Å². The number of rotatable bonds is 17. The third-order valence-corrected chi connectivity index (χ3v) is 8.42. The van der Waals surface area contributed by atoms with E-state index in [4.69, 9.17) is 18.6 Å². The second-order valence-electron chi connectivity index (χ2n) is 11.8. The first-order valence-electron chi connectivity index (χ1n) is 15.7. The van der Waals surface area contributed by atoms with Crippen LogP contribution in [-0.2, 0) is 37.4 Å². The Kier molecular flexibility index (Phi) is 11.6. The van der Waals surface area contributed by atoms with Crippen LogP contribution in [-0.4, -0.2) is 106 Å². The zero-order valence-electron chi connectivity index (χ0n) is 27.0. The summed E-state index contributed by atoms with van der Waals surface area (Å²) in [5, 5.41) is 7.97. The minimum absolute atomic E-state index is 0.0613. The van der Waals surface area contributed by atoms with Crippen molar-refractivity contribution in [3.05, 3.63) is 78.7 Å². The maximum Gasteiger partial charge on any atom is 0.250 e. The van der Waals surface area contributed by atoms with Crippen molar-refractivity contribution >= 4 is 39.4 Å². The lowest BCUT2D eigenvalue weighted by Gasteiger charge is -2.25. The number of amides is 2. The van der Waals surface area contributed by atoms with Crippen LogP contribution in [0.2, 0.25) is 0 Å². The summed E-state index contributed by atoms with van der Waals surface area (Å²) in [5.74, 6) is -0.0995. The molecule has 11 heteroatoms. The number of fused-ring (bicyclic) bond motifs is 2. The van der Waals surface area contributed by atoms with E-state index in [9.17, 15) is 9.59 Å². The molecule has 1 fully saturated rings. The molecule has 1 aliphatic rings. The first-order chi connectivity index (χ1) is 22.3. The highest BCUT2D eigenvalue weighted by molar-refractivity contribution is 5.95. The quantitative estimate of drug-likeness (QED) is 0.134. The van der Waals surface area contributed by atoms with Gasteiger partial charge >= 0.3 is 0 Å². The van der Waals surface area contributed by atoms with E-state index in [0.29, 0.717) is 51.5 Å². The maximum absolute atomic E-state index is 12.6. The molecule has 0 saturated carbocycles. The van der Waals surface area contributed by atoms with Gasteiger partial charge in [-0.25, -0.2) is 0 Å². The number of carbonyl (C=O) groups is 2.